The van der Waals surface area contributed by atoms with Crippen molar-refractivity contribution in [3.05, 3.63) is 71.0 Å². The number of fused-ring (bicyclic) bond motifs is 1. The summed E-state index contributed by atoms with van der Waals surface area (Å²) in [4.78, 5) is 39.6. The van der Waals surface area contributed by atoms with Gasteiger partial charge in [-0.25, -0.2) is 0 Å². The Balaban J connectivity index is 1.35. The van der Waals surface area contributed by atoms with Crippen molar-refractivity contribution in [2.45, 2.75) is 19.9 Å². The quantitative estimate of drug-likeness (QED) is 0.415. The Kier molecular flexibility index (Phi) is 5.34. The van der Waals surface area contributed by atoms with Crippen molar-refractivity contribution in [1.82, 2.24) is 25.1 Å². The first kappa shape index (κ1) is 19.4. The maximum absolute atomic E-state index is 12.4. The van der Waals surface area contributed by atoms with Crippen molar-refractivity contribution in [3.8, 4) is 5.75 Å². The van der Waals surface area contributed by atoms with Crippen LogP contribution in [-0.2, 0) is 13.0 Å². The number of ether oxygens (including phenoxy) is 1. The normalized spacial score (nSPS) is 12.9. The van der Waals surface area contributed by atoms with Crippen LogP contribution in [0.1, 0.15) is 43.8 Å². The number of Topliss-reactive ketones (excluding diaryl/α,β-unsaturated/α-hetero) is 1. The number of ketones is 1. The molecule has 2 aromatic carbocycles. The molecule has 9 nitrogen and oxygen atoms in total. The highest BCUT2D eigenvalue weighted by atomic mass is 16.5. The van der Waals surface area contributed by atoms with E-state index in [-0.39, 0.29) is 37.1 Å². The number of carbonyl (C=O) groups is 3. The van der Waals surface area contributed by atoms with Crippen LogP contribution in [0.4, 0.5) is 0 Å². The van der Waals surface area contributed by atoms with E-state index in [2.05, 4.69) is 15.4 Å². The third kappa shape index (κ3) is 3.82. The molecule has 0 bridgehead atoms. The second-order valence-corrected chi connectivity index (χ2v) is 6.67. The summed E-state index contributed by atoms with van der Waals surface area (Å²) >= 11 is 0. The Labute approximate surface area is 172 Å². The molecule has 3 aromatic rings. The predicted molar refractivity (Wildman–Crippen MR) is 105 cm³/mol. The summed E-state index contributed by atoms with van der Waals surface area (Å²) in [5.74, 6) is 0.235. The Bertz CT molecular complexity index is 1070. The number of amides is 2. The average Bonchev–Trinajstić information content (AvgIpc) is 3.30. The van der Waals surface area contributed by atoms with Crippen molar-refractivity contribution in [3.63, 3.8) is 0 Å². The molecule has 30 heavy (non-hydrogen) atoms. The minimum atomic E-state index is -0.325. The third-order valence-electron chi connectivity index (χ3n) is 4.70. The molecular weight excluding hydrogens is 386 g/mol. The molecule has 0 aliphatic carbocycles. The Morgan fingerprint density at radius 2 is 1.67 bits per heavy atom. The number of imide groups is 1. The molecule has 4 rings (SSSR count). The molecule has 1 aliphatic rings. The first-order valence-corrected chi connectivity index (χ1v) is 9.54. The van der Waals surface area contributed by atoms with Crippen LogP contribution in [0.3, 0.4) is 0 Å². The van der Waals surface area contributed by atoms with Gasteiger partial charge in [-0.05, 0) is 48.5 Å². The van der Waals surface area contributed by atoms with Crippen molar-refractivity contribution in [2.24, 2.45) is 0 Å². The first-order chi connectivity index (χ1) is 14.6. The number of carbonyl (C=O) groups excluding carboxylic acids is 3. The highest BCUT2D eigenvalue weighted by Crippen LogP contribution is 2.22. The number of tetrazole rings is 1. The van der Waals surface area contributed by atoms with E-state index < -0.39 is 0 Å². The van der Waals surface area contributed by atoms with Crippen LogP contribution < -0.4 is 4.74 Å². The molecule has 0 unspecified atom stereocenters. The molecule has 2 heterocycles. The van der Waals surface area contributed by atoms with Crippen LogP contribution in [0.5, 0.6) is 5.75 Å². The van der Waals surface area contributed by atoms with Gasteiger partial charge < -0.3 is 4.74 Å². The number of benzene rings is 2. The molecule has 0 radical (unpaired) electrons. The van der Waals surface area contributed by atoms with Crippen LogP contribution in [0.15, 0.2) is 48.5 Å². The minimum absolute atomic E-state index is 0.0615. The summed E-state index contributed by atoms with van der Waals surface area (Å²) in [5, 5.41) is 12.0. The molecule has 0 atom stereocenters. The molecule has 9 heteroatoms. The van der Waals surface area contributed by atoms with Crippen LogP contribution in [0.25, 0.3) is 0 Å². The largest absolute Gasteiger partial charge is 0.494 e. The van der Waals surface area contributed by atoms with Gasteiger partial charge in [-0.15, -0.1) is 10.2 Å². The Morgan fingerprint density at radius 1 is 1.00 bits per heavy atom. The SMILES string of the molecule is CCOc1ccc(C(=O)Cn2nnc(CCN3C(=O)c4ccccc4C3=O)n2)cc1. The van der Waals surface area contributed by atoms with E-state index in [9.17, 15) is 14.4 Å². The van der Waals surface area contributed by atoms with Gasteiger partial charge in [0, 0.05) is 18.5 Å². The zero-order chi connectivity index (χ0) is 21.1. The number of hydrogen-bond acceptors (Lipinski definition) is 7. The van der Waals surface area contributed by atoms with Crippen LogP contribution >= 0.6 is 0 Å². The van der Waals surface area contributed by atoms with Gasteiger partial charge in [0.2, 0.25) is 0 Å². The van der Waals surface area contributed by atoms with E-state index in [0.29, 0.717) is 34.9 Å². The number of rotatable bonds is 8. The van der Waals surface area contributed by atoms with Gasteiger partial charge in [0.25, 0.3) is 11.8 Å². The molecule has 0 N–H and O–H groups in total. The lowest BCUT2D eigenvalue weighted by atomic mass is 10.1. The Hall–Kier alpha value is -3.88. The number of hydrogen-bond donors (Lipinski definition) is 0. The van der Waals surface area contributed by atoms with Crippen LogP contribution in [-0.4, -0.2) is 55.9 Å². The maximum Gasteiger partial charge on any atom is 0.261 e. The van der Waals surface area contributed by atoms with Crippen LogP contribution in [0.2, 0.25) is 0 Å². The lowest BCUT2D eigenvalue weighted by Crippen LogP contribution is -2.32. The fraction of sp³-hybridized carbons (Fsp3) is 0.238. The van der Waals surface area contributed by atoms with E-state index >= 15 is 0 Å². The molecule has 0 fully saturated rings. The highest BCUT2D eigenvalue weighted by molar-refractivity contribution is 6.21. The molecule has 0 saturated heterocycles. The van der Waals surface area contributed by atoms with Gasteiger partial charge in [-0.1, -0.05) is 12.1 Å². The maximum atomic E-state index is 12.4. The standard InChI is InChI=1S/C21H19N5O4/c1-2-30-15-9-7-14(8-10-15)18(27)13-26-23-19(22-24-26)11-12-25-20(28)16-5-3-4-6-17(16)21(25)29/h3-10H,2,11-13H2,1H3. The van der Waals surface area contributed by atoms with Gasteiger partial charge in [-0.2, -0.15) is 4.80 Å². The number of nitrogens with zero attached hydrogens (tertiary/aromatic N) is 5. The van der Waals surface area contributed by atoms with Gasteiger partial charge in [0.05, 0.1) is 17.7 Å². The lowest BCUT2D eigenvalue weighted by molar-refractivity contribution is 0.0655. The van der Waals surface area contributed by atoms with Gasteiger partial charge in [0.15, 0.2) is 11.6 Å². The lowest BCUT2D eigenvalue weighted by Gasteiger charge is -2.11. The third-order valence-corrected chi connectivity index (χ3v) is 4.70. The van der Waals surface area contributed by atoms with Crippen molar-refractivity contribution < 1.29 is 19.1 Å². The average molecular weight is 405 g/mol. The second-order valence-electron chi connectivity index (χ2n) is 6.67. The van der Waals surface area contributed by atoms with Crippen molar-refractivity contribution in [2.75, 3.05) is 13.2 Å². The Morgan fingerprint density at radius 3 is 2.30 bits per heavy atom. The molecule has 1 aliphatic heterocycles. The zero-order valence-electron chi connectivity index (χ0n) is 16.3. The molecule has 1 aromatic heterocycles. The smallest absolute Gasteiger partial charge is 0.261 e. The second kappa shape index (κ2) is 8.24. The highest BCUT2D eigenvalue weighted by Gasteiger charge is 2.34. The van der Waals surface area contributed by atoms with Crippen LogP contribution in [0, 0.1) is 0 Å². The first-order valence-electron chi connectivity index (χ1n) is 9.54. The zero-order valence-corrected chi connectivity index (χ0v) is 16.3. The summed E-state index contributed by atoms with van der Waals surface area (Å²) in [6.07, 6.45) is 0.253. The minimum Gasteiger partial charge on any atom is -0.494 e. The molecule has 0 spiro atoms. The molecule has 0 saturated carbocycles. The summed E-state index contributed by atoms with van der Waals surface area (Å²) in [5.41, 5.74) is 1.32. The topological polar surface area (TPSA) is 107 Å². The van der Waals surface area contributed by atoms with Crippen molar-refractivity contribution in [1.29, 1.82) is 0 Å². The fourth-order valence-electron chi connectivity index (χ4n) is 3.22. The van der Waals surface area contributed by atoms with E-state index in [0.717, 1.165) is 0 Å². The van der Waals surface area contributed by atoms with Gasteiger partial charge in [0.1, 0.15) is 12.3 Å². The van der Waals surface area contributed by atoms with E-state index in [4.69, 9.17) is 4.74 Å². The van der Waals surface area contributed by atoms with E-state index in [1.165, 1.54) is 9.70 Å². The van der Waals surface area contributed by atoms with Gasteiger partial charge >= 0.3 is 0 Å². The molecule has 2 amide bonds. The summed E-state index contributed by atoms with van der Waals surface area (Å²) in [6, 6.07) is 13.6. The van der Waals surface area contributed by atoms with E-state index in [1.807, 2.05) is 6.92 Å². The van der Waals surface area contributed by atoms with E-state index in [1.54, 1.807) is 48.5 Å². The fourth-order valence-corrected chi connectivity index (χ4v) is 3.22. The molecule has 152 valence electrons. The predicted octanol–water partition coefficient (Wildman–Crippen LogP) is 1.79. The summed E-state index contributed by atoms with van der Waals surface area (Å²) < 4.78 is 5.36. The van der Waals surface area contributed by atoms with Crippen molar-refractivity contribution >= 4 is 17.6 Å². The monoisotopic (exact) mass is 405 g/mol. The number of aromatic nitrogens is 4. The summed E-state index contributed by atoms with van der Waals surface area (Å²) in [7, 11) is 0. The van der Waals surface area contributed by atoms with Gasteiger partial charge in [-0.3, -0.25) is 19.3 Å². The molecular formula is C21H19N5O4. The summed E-state index contributed by atoms with van der Waals surface area (Å²) in [6.45, 7) is 2.53.